The normalized spacial score (nSPS) is 19.7. The third kappa shape index (κ3) is 1.94. The lowest BCUT2D eigenvalue weighted by molar-refractivity contribution is 0.156. The Hall–Kier alpha value is -1.95. The van der Waals surface area contributed by atoms with E-state index in [0.29, 0.717) is 28.1 Å². The van der Waals surface area contributed by atoms with Gasteiger partial charge in [0.05, 0.1) is 0 Å². The number of hydrogen-bond acceptors (Lipinski definition) is 5. The van der Waals surface area contributed by atoms with E-state index in [0.717, 1.165) is 17.9 Å². The van der Waals surface area contributed by atoms with Crippen molar-refractivity contribution in [2.24, 2.45) is 11.3 Å². The molecule has 0 saturated heterocycles. The molecule has 22 heavy (non-hydrogen) atoms. The Balaban J connectivity index is 1.37. The number of rotatable bonds is 3. The average Bonchev–Trinajstić information content (AvgIpc) is 2.99. The molecule has 2 aliphatic carbocycles. The van der Waals surface area contributed by atoms with Crippen molar-refractivity contribution in [3.05, 3.63) is 29.5 Å². The van der Waals surface area contributed by atoms with Gasteiger partial charge < -0.3 is 4.52 Å². The van der Waals surface area contributed by atoms with Gasteiger partial charge in [0.1, 0.15) is 0 Å². The largest absolute Gasteiger partial charge is 0.339 e. The minimum Gasteiger partial charge on any atom is -0.339 e. The van der Waals surface area contributed by atoms with Crippen molar-refractivity contribution in [1.29, 1.82) is 0 Å². The number of fused-ring (bicyclic) bond motifs is 1. The van der Waals surface area contributed by atoms with Gasteiger partial charge in [0.2, 0.25) is 17.0 Å². The van der Waals surface area contributed by atoms with Crippen LogP contribution in [0.3, 0.4) is 0 Å². The molecule has 2 fully saturated rings. The molecule has 0 unspecified atom stereocenters. The van der Waals surface area contributed by atoms with Gasteiger partial charge in [-0.25, -0.2) is 0 Å². The van der Waals surface area contributed by atoms with Crippen molar-refractivity contribution in [1.82, 2.24) is 24.7 Å². The number of pyridine rings is 1. The topological polar surface area (TPSA) is 69.1 Å². The number of hydrogen-bond donors (Lipinski definition) is 0. The Morgan fingerprint density at radius 1 is 1.32 bits per heavy atom. The summed E-state index contributed by atoms with van der Waals surface area (Å²) in [5.41, 5.74) is 2.24. The van der Waals surface area contributed by atoms with E-state index in [-0.39, 0.29) is 0 Å². The van der Waals surface area contributed by atoms with Crippen molar-refractivity contribution >= 4 is 17.2 Å². The quantitative estimate of drug-likeness (QED) is 0.742. The lowest BCUT2D eigenvalue weighted by Gasteiger charge is -2.34. The Bertz CT molecular complexity index is 858. The van der Waals surface area contributed by atoms with Crippen LogP contribution < -0.4 is 0 Å². The summed E-state index contributed by atoms with van der Waals surface area (Å²) in [6.07, 6.45) is 8.20. The molecular weight excluding hydrogens is 302 g/mol. The predicted octanol–water partition coefficient (Wildman–Crippen LogP) is 3.17. The molecule has 2 saturated carbocycles. The van der Waals surface area contributed by atoms with Gasteiger partial charge in [-0.2, -0.15) is 4.98 Å². The van der Waals surface area contributed by atoms with E-state index in [1.807, 2.05) is 18.3 Å². The highest BCUT2D eigenvalue weighted by Gasteiger charge is 2.52. The van der Waals surface area contributed by atoms with Gasteiger partial charge >= 0.3 is 0 Å². The van der Waals surface area contributed by atoms with Crippen LogP contribution in [0.25, 0.3) is 17.0 Å². The Morgan fingerprint density at radius 2 is 2.18 bits per heavy atom. The molecule has 0 bridgehead atoms. The summed E-state index contributed by atoms with van der Waals surface area (Å²) in [6.45, 7) is 0. The van der Waals surface area contributed by atoms with Crippen molar-refractivity contribution in [2.45, 2.75) is 32.1 Å². The van der Waals surface area contributed by atoms with E-state index in [1.54, 1.807) is 4.40 Å². The summed E-state index contributed by atoms with van der Waals surface area (Å²) in [4.78, 5) is 4.52. The molecule has 112 valence electrons. The second kappa shape index (κ2) is 4.29. The molecule has 5 rings (SSSR count). The van der Waals surface area contributed by atoms with Gasteiger partial charge in [0.15, 0.2) is 5.65 Å². The van der Waals surface area contributed by atoms with Gasteiger partial charge in [-0.15, -0.1) is 10.2 Å². The lowest BCUT2D eigenvalue weighted by Crippen LogP contribution is -2.26. The SMILES string of the molecule is Clc1nnc2cc(-c3noc(CC4CC5(CC5)C4)n3)ccn12. The third-order valence-electron chi connectivity index (χ3n) is 4.96. The first-order valence-corrected chi connectivity index (χ1v) is 7.92. The van der Waals surface area contributed by atoms with Gasteiger partial charge in [-0.1, -0.05) is 5.16 Å². The second-order valence-electron chi connectivity index (χ2n) is 6.60. The van der Waals surface area contributed by atoms with E-state index in [1.165, 1.54) is 25.7 Å². The van der Waals surface area contributed by atoms with Crippen molar-refractivity contribution < 1.29 is 4.52 Å². The van der Waals surface area contributed by atoms with Gasteiger partial charge in [0, 0.05) is 18.2 Å². The number of aromatic nitrogens is 5. The zero-order chi connectivity index (χ0) is 14.7. The molecule has 0 amide bonds. The molecule has 3 aromatic heterocycles. The first-order valence-electron chi connectivity index (χ1n) is 7.54. The van der Waals surface area contributed by atoms with E-state index < -0.39 is 0 Å². The maximum absolute atomic E-state index is 5.92. The third-order valence-corrected chi connectivity index (χ3v) is 5.22. The standard InChI is InChI=1S/C15H14ClN5O/c16-14-19-18-11-6-10(1-4-21(11)14)13-17-12(22-20-13)5-9-7-15(8-9)2-3-15/h1,4,6,9H,2-3,5,7-8H2. The molecule has 2 aliphatic rings. The number of nitrogens with zero attached hydrogens (tertiary/aromatic N) is 5. The molecule has 3 aromatic rings. The summed E-state index contributed by atoms with van der Waals surface area (Å²) in [7, 11) is 0. The molecule has 0 atom stereocenters. The molecule has 1 spiro atoms. The zero-order valence-electron chi connectivity index (χ0n) is 11.9. The molecule has 0 radical (unpaired) electrons. The van der Waals surface area contributed by atoms with E-state index in [9.17, 15) is 0 Å². The first-order chi connectivity index (χ1) is 10.7. The minimum absolute atomic E-state index is 0.342. The monoisotopic (exact) mass is 315 g/mol. The van der Waals surface area contributed by atoms with Gasteiger partial charge in [-0.05, 0) is 60.7 Å². The van der Waals surface area contributed by atoms with Crippen LogP contribution in [-0.2, 0) is 6.42 Å². The maximum Gasteiger partial charge on any atom is 0.229 e. The minimum atomic E-state index is 0.342. The van der Waals surface area contributed by atoms with Gasteiger partial charge in [-0.3, -0.25) is 4.40 Å². The van der Waals surface area contributed by atoms with Crippen molar-refractivity contribution in [2.75, 3.05) is 0 Å². The summed E-state index contributed by atoms with van der Waals surface area (Å²) in [6, 6.07) is 3.75. The molecule has 0 aromatic carbocycles. The Labute approximate surface area is 131 Å². The smallest absolute Gasteiger partial charge is 0.229 e. The molecule has 0 aliphatic heterocycles. The van der Waals surface area contributed by atoms with Crippen LogP contribution in [-0.4, -0.2) is 24.7 Å². The van der Waals surface area contributed by atoms with E-state index in [2.05, 4.69) is 20.3 Å². The fraction of sp³-hybridized carbons (Fsp3) is 0.467. The van der Waals surface area contributed by atoms with Crippen LogP contribution in [0.1, 0.15) is 31.6 Å². The second-order valence-corrected chi connectivity index (χ2v) is 6.94. The fourth-order valence-electron chi connectivity index (χ4n) is 3.60. The summed E-state index contributed by atoms with van der Waals surface area (Å²) >= 11 is 5.92. The average molecular weight is 316 g/mol. The lowest BCUT2D eigenvalue weighted by atomic mass is 9.70. The maximum atomic E-state index is 5.92. The van der Waals surface area contributed by atoms with Crippen LogP contribution >= 0.6 is 11.6 Å². The molecule has 3 heterocycles. The Morgan fingerprint density at radius 3 is 3.00 bits per heavy atom. The van der Waals surface area contributed by atoms with Crippen LogP contribution in [0.4, 0.5) is 0 Å². The highest BCUT2D eigenvalue weighted by molar-refractivity contribution is 6.28. The van der Waals surface area contributed by atoms with Gasteiger partial charge in [0.25, 0.3) is 0 Å². The fourth-order valence-corrected chi connectivity index (χ4v) is 3.78. The predicted molar refractivity (Wildman–Crippen MR) is 79.4 cm³/mol. The van der Waals surface area contributed by atoms with Crippen molar-refractivity contribution in [3.63, 3.8) is 0 Å². The molecular formula is C15H14ClN5O. The van der Waals surface area contributed by atoms with E-state index >= 15 is 0 Å². The van der Waals surface area contributed by atoms with Crippen LogP contribution in [0.15, 0.2) is 22.9 Å². The van der Waals surface area contributed by atoms with E-state index in [4.69, 9.17) is 16.1 Å². The molecule has 7 heteroatoms. The highest BCUT2D eigenvalue weighted by Crippen LogP contribution is 2.63. The zero-order valence-corrected chi connectivity index (χ0v) is 12.6. The Kier molecular flexibility index (Phi) is 2.45. The van der Waals surface area contributed by atoms with Crippen LogP contribution in [0.2, 0.25) is 5.28 Å². The summed E-state index contributed by atoms with van der Waals surface area (Å²) in [5, 5.41) is 12.3. The number of halogens is 1. The van der Waals surface area contributed by atoms with Crippen molar-refractivity contribution in [3.8, 4) is 11.4 Å². The molecule has 6 nitrogen and oxygen atoms in total. The van der Waals surface area contributed by atoms with Crippen LogP contribution in [0, 0.1) is 11.3 Å². The highest BCUT2D eigenvalue weighted by atomic mass is 35.5. The molecule has 0 N–H and O–H groups in total. The first kappa shape index (κ1) is 12.6. The summed E-state index contributed by atoms with van der Waals surface area (Å²) < 4.78 is 7.11. The van der Waals surface area contributed by atoms with Crippen LogP contribution in [0.5, 0.6) is 0 Å². The summed E-state index contributed by atoms with van der Waals surface area (Å²) in [5.74, 6) is 2.04.